The lowest BCUT2D eigenvalue weighted by Crippen LogP contribution is -2.43. The zero-order valence-corrected chi connectivity index (χ0v) is 15.6. The Labute approximate surface area is 164 Å². The fourth-order valence-corrected chi connectivity index (χ4v) is 4.98. The molecule has 2 aromatic rings. The molecule has 6 heteroatoms. The van der Waals surface area contributed by atoms with Gasteiger partial charge < -0.3 is 14.7 Å². The standard InChI is InChI=1S/C22H25N3O3/c26-17-11-5-4-10-16(17)19-18-20(24-23-19)22(27)25(13-15-9-6-12-28-15)21(18)14-7-2-1-3-8-14/h1-5,7-8,10-11,15,18-21,23-24,26H,6,9,12-13H2. The second kappa shape index (κ2) is 7.20. The molecule has 1 amide bonds. The summed E-state index contributed by atoms with van der Waals surface area (Å²) in [6.45, 7) is 1.39. The van der Waals surface area contributed by atoms with Crippen LogP contribution in [0.2, 0.25) is 0 Å². The van der Waals surface area contributed by atoms with Gasteiger partial charge in [-0.25, -0.2) is 10.9 Å². The number of hydrogen-bond acceptors (Lipinski definition) is 5. The lowest BCUT2D eigenvalue weighted by atomic mass is 9.83. The molecule has 0 spiro atoms. The van der Waals surface area contributed by atoms with Gasteiger partial charge in [-0.2, -0.15) is 0 Å². The topological polar surface area (TPSA) is 73.8 Å². The summed E-state index contributed by atoms with van der Waals surface area (Å²) in [7, 11) is 0. The SMILES string of the molecule is O=C1C2NNC(c3ccccc3O)C2C(c2ccccc2)N1CC1CCCO1. The Morgan fingerprint density at radius 2 is 1.79 bits per heavy atom. The molecule has 3 heterocycles. The Kier molecular flexibility index (Phi) is 4.55. The number of phenolic OH excluding ortho intramolecular Hbond substituents is 1. The first-order valence-electron chi connectivity index (χ1n) is 10.00. The number of para-hydroxylation sites is 1. The Morgan fingerprint density at radius 3 is 2.54 bits per heavy atom. The fraction of sp³-hybridized carbons (Fsp3) is 0.409. The van der Waals surface area contributed by atoms with Crippen LogP contribution in [0.15, 0.2) is 54.6 Å². The third kappa shape index (κ3) is 2.89. The van der Waals surface area contributed by atoms with Crippen LogP contribution < -0.4 is 10.9 Å². The molecule has 0 bridgehead atoms. The maximum atomic E-state index is 13.3. The van der Waals surface area contributed by atoms with Crippen molar-refractivity contribution in [2.75, 3.05) is 13.2 Å². The van der Waals surface area contributed by atoms with Crippen LogP contribution >= 0.6 is 0 Å². The van der Waals surface area contributed by atoms with Gasteiger partial charge in [0.2, 0.25) is 5.91 Å². The molecule has 3 aliphatic heterocycles. The highest BCUT2D eigenvalue weighted by Crippen LogP contribution is 2.48. The third-order valence-electron chi connectivity index (χ3n) is 6.25. The van der Waals surface area contributed by atoms with Crippen molar-refractivity contribution >= 4 is 5.91 Å². The maximum absolute atomic E-state index is 13.3. The van der Waals surface area contributed by atoms with Gasteiger partial charge in [-0.1, -0.05) is 48.5 Å². The zero-order chi connectivity index (χ0) is 19.1. The average molecular weight is 379 g/mol. The number of fused-ring (bicyclic) bond motifs is 1. The van der Waals surface area contributed by atoms with Gasteiger partial charge in [-0.3, -0.25) is 4.79 Å². The molecule has 0 saturated carbocycles. The van der Waals surface area contributed by atoms with E-state index in [-0.39, 0.29) is 41.8 Å². The second-order valence-electron chi connectivity index (χ2n) is 7.86. The monoisotopic (exact) mass is 379 g/mol. The summed E-state index contributed by atoms with van der Waals surface area (Å²) >= 11 is 0. The molecule has 6 nitrogen and oxygen atoms in total. The van der Waals surface area contributed by atoms with E-state index in [2.05, 4.69) is 23.0 Å². The first-order chi connectivity index (χ1) is 13.7. The van der Waals surface area contributed by atoms with E-state index in [0.29, 0.717) is 6.54 Å². The normalized spacial score (nSPS) is 32.1. The largest absolute Gasteiger partial charge is 0.508 e. The predicted molar refractivity (Wildman–Crippen MR) is 104 cm³/mol. The van der Waals surface area contributed by atoms with Gasteiger partial charge in [-0.05, 0) is 24.5 Å². The Bertz CT molecular complexity index is 853. The van der Waals surface area contributed by atoms with Gasteiger partial charge in [0.25, 0.3) is 0 Å². The molecule has 0 aromatic heterocycles. The molecule has 3 saturated heterocycles. The number of nitrogens with one attached hydrogen (secondary N) is 2. The van der Waals surface area contributed by atoms with Crippen molar-refractivity contribution in [3.05, 3.63) is 65.7 Å². The highest BCUT2D eigenvalue weighted by atomic mass is 16.5. The van der Waals surface area contributed by atoms with E-state index < -0.39 is 0 Å². The molecule has 3 aliphatic rings. The minimum Gasteiger partial charge on any atom is -0.508 e. The van der Waals surface area contributed by atoms with E-state index in [1.165, 1.54) is 0 Å². The summed E-state index contributed by atoms with van der Waals surface area (Å²) < 4.78 is 5.83. The molecule has 3 N–H and O–H groups in total. The Balaban J connectivity index is 1.54. The molecular formula is C22H25N3O3. The minimum atomic E-state index is -0.323. The summed E-state index contributed by atoms with van der Waals surface area (Å²) in [6, 6.07) is 17.0. The van der Waals surface area contributed by atoms with Crippen LogP contribution in [0.5, 0.6) is 5.75 Å². The first kappa shape index (κ1) is 17.7. The summed E-state index contributed by atoms with van der Waals surface area (Å²) in [5, 5.41) is 10.4. The van der Waals surface area contributed by atoms with Gasteiger partial charge in [0.15, 0.2) is 0 Å². The van der Waals surface area contributed by atoms with Gasteiger partial charge in [0, 0.05) is 24.6 Å². The molecule has 2 aromatic carbocycles. The van der Waals surface area contributed by atoms with Crippen LogP contribution in [-0.2, 0) is 9.53 Å². The molecule has 28 heavy (non-hydrogen) atoms. The molecular weight excluding hydrogens is 354 g/mol. The molecule has 0 radical (unpaired) electrons. The van der Waals surface area contributed by atoms with Crippen LogP contribution in [0.25, 0.3) is 0 Å². The summed E-state index contributed by atoms with van der Waals surface area (Å²) in [5.74, 6) is 0.323. The number of amides is 1. The molecule has 5 rings (SSSR count). The van der Waals surface area contributed by atoms with E-state index in [1.54, 1.807) is 6.07 Å². The number of carbonyl (C=O) groups is 1. The van der Waals surface area contributed by atoms with Gasteiger partial charge in [0.1, 0.15) is 11.8 Å². The molecule has 0 aliphatic carbocycles. The lowest BCUT2D eigenvalue weighted by Gasteiger charge is -2.32. The molecule has 146 valence electrons. The van der Waals surface area contributed by atoms with Crippen molar-refractivity contribution < 1.29 is 14.6 Å². The minimum absolute atomic E-state index is 0.0235. The smallest absolute Gasteiger partial charge is 0.242 e. The number of hydrazine groups is 1. The van der Waals surface area contributed by atoms with Crippen LogP contribution in [0.4, 0.5) is 0 Å². The van der Waals surface area contributed by atoms with Gasteiger partial charge >= 0.3 is 0 Å². The fourth-order valence-electron chi connectivity index (χ4n) is 4.98. The van der Waals surface area contributed by atoms with E-state index in [0.717, 1.165) is 30.6 Å². The number of nitrogens with zero attached hydrogens (tertiary/aromatic N) is 1. The first-order valence-corrected chi connectivity index (χ1v) is 10.00. The van der Waals surface area contributed by atoms with Crippen LogP contribution in [0.3, 0.4) is 0 Å². The van der Waals surface area contributed by atoms with E-state index in [1.807, 2.05) is 41.3 Å². The number of carbonyl (C=O) groups excluding carboxylic acids is 1. The van der Waals surface area contributed by atoms with Gasteiger partial charge in [-0.15, -0.1) is 0 Å². The number of phenols is 1. The van der Waals surface area contributed by atoms with Crippen LogP contribution in [-0.4, -0.2) is 41.2 Å². The third-order valence-corrected chi connectivity index (χ3v) is 6.25. The maximum Gasteiger partial charge on any atom is 0.242 e. The van der Waals surface area contributed by atoms with Crippen molar-refractivity contribution in [1.82, 2.24) is 15.8 Å². The van der Waals surface area contributed by atoms with E-state index in [4.69, 9.17) is 4.74 Å². The van der Waals surface area contributed by atoms with Crippen molar-refractivity contribution in [1.29, 1.82) is 0 Å². The Morgan fingerprint density at radius 1 is 1.04 bits per heavy atom. The zero-order valence-electron chi connectivity index (χ0n) is 15.6. The number of hydrogen-bond donors (Lipinski definition) is 3. The molecule has 5 unspecified atom stereocenters. The highest BCUT2D eigenvalue weighted by molar-refractivity contribution is 5.86. The number of benzene rings is 2. The Hall–Kier alpha value is -2.41. The van der Waals surface area contributed by atoms with Crippen LogP contribution in [0.1, 0.15) is 36.1 Å². The quantitative estimate of drug-likeness (QED) is 0.760. The summed E-state index contributed by atoms with van der Waals surface area (Å²) in [4.78, 5) is 15.3. The number of aromatic hydroxyl groups is 1. The predicted octanol–water partition coefficient (Wildman–Crippen LogP) is 2.29. The summed E-state index contributed by atoms with van der Waals surface area (Å²) in [5.41, 5.74) is 8.41. The lowest BCUT2D eigenvalue weighted by molar-refractivity contribution is -0.132. The summed E-state index contributed by atoms with van der Waals surface area (Å²) in [6.07, 6.45) is 2.15. The molecule has 5 atom stereocenters. The van der Waals surface area contributed by atoms with Crippen LogP contribution in [0, 0.1) is 5.92 Å². The van der Waals surface area contributed by atoms with Gasteiger partial charge in [0.05, 0.1) is 18.2 Å². The van der Waals surface area contributed by atoms with Crippen molar-refractivity contribution in [2.45, 2.75) is 37.1 Å². The number of ether oxygens (including phenoxy) is 1. The van der Waals surface area contributed by atoms with Crippen molar-refractivity contribution in [3.63, 3.8) is 0 Å². The van der Waals surface area contributed by atoms with Crippen molar-refractivity contribution in [3.8, 4) is 5.75 Å². The van der Waals surface area contributed by atoms with E-state index >= 15 is 0 Å². The molecule has 3 fully saturated rings. The number of rotatable bonds is 4. The second-order valence-corrected chi connectivity index (χ2v) is 7.86. The highest BCUT2D eigenvalue weighted by Gasteiger charge is 2.56. The van der Waals surface area contributed by atoms with E-state index in [9.17, 15) is 9.90 Å². The average Bonchev–Trinajstić information content (AvgIpc) is 3.43. The van der Waals surface area contributed by atoms with Crippen molar-refractivity contribution in [2.24, 2.45) is 5.92 Å². The number of likely N-dealkylation sites (tertiary alicyclic amines) is 1.